The molecule has 0 saturated heterocycles. The number of halogens is 1. The van der Waals surface area contributed by atoms with E-state index in [0.717, 1.165) is 22.1 Å². The van der Waals surface area contributed by atoms with Crippen molar-refractivity contribution in [2.75, 3.05) is 0 Å². The maximum atomic E-state index is 4.62. The zero-order chi connectivity index (χ0) is 17.1. The SMILES string of the molecule is CCc1ccccc1-n1c(C)cc(C=Nc2cccc(Br)c2)c1C. The van der Waals surface area contributed by atoms with Gasteiger partial charge < -0.3 is 4.57 Å². The summed E-state index contributed by atoms with van der Waals surface area (Å²) in [5, 5.41) is 0. The van der Waals surface area contributed by atoms with Crippen LogP contribution in [0, 0.1) is 13.8 Å². The maximum absolute atomic E-state index is 4.62. The number of benzene rings is 2. The molecule has 0 fully saturated rings. The van der Waals surface area contributed by atoms with Gasteiger partial charge in [-0.3, -0.25) is 4.99 Å². The molecule has 2 aromatic carbocycles. The van der Waals surface area contributed by atoms with Crippen molar-refractivity contribution in [2.24, 2.45) is 4.99 Å². The molecular weight excluding hydrogens is 360 g/mol. The molecule has 0 bridgehead atoms. The second-order valence-electron chi connectivity index (χ2n) is 5.88. The Kier molecular flexibility index (Phi) is 5.00. The second kappa shape index (κ2) is 7.18. The molecule has 0 unspecified atom stereocenters. The van der Waals surface area contributed by atoms with Crippen LogP contribution >= 0.6 is 15.9 Å². The van der Waals surface area contributed by atoms with Crippen LogP contribution in [0.15, 0.2) is 64.1 Å². The highest BCUT2D eigenvalue weighted by atomic mass is 79.9. The topological polar surface area (TPSA) is 17.3 Å². The summed E-state index contributed by atoms with van der Waals surface area (Å²) in [6.07, 6.45) is 2.98. The predicted octanol–water partition coefficient (Wildman–Crippen LogP) is 6.17. The molecular formula is C21H21BrN2. The average Bonchev–Trinajstić information content (AvgIpc) is 2.87. The zero-order valence-corrected chi connectivity index (χ0v) is 15.8. The third kappa shape index (κ3) is 3.36. The summed E-state index contributed by atoms with van der Waals surface area (Å²) in [4.78, 5) is 4.62. The van der Waals surface area contributed by atoms with Gasteiger partial charge in [-0.1, -0.05) is 47.1 Å². The molecule has 0 aliphatic heterocycles. The van der Waals surface area contributed by atoms with Crippen molar-refractivity contribution in [3.05, 3.63) is 81.6 Å². The van der Waals surface area contributed by atoms with Gasteiger partial charge in [0, 0.05) is 33.3 Å². The Balaban J connectivity index is 2.01. The van der Waals surface area contributed by atoms with Crippen molar-refractivity contribution >= 4 is 27.8 Å². The van der Waals surface area contributed by atoms with Gasteiger partial charge in [0.05, 0.1) is 5.69 Å². The normalized spacial score (nSPS) is 11.3. The van der Waals surface area contributed by atoms with Crippen molar-refractivity contribution < 1.29 is 0 Å². The van der Waals surface area contributed by atoms with Gasteiger partial charge in [0.2, 0.25) is 0 Å². The van der Waals surface area contributed by atoms with Crippen LogP contribution in [0.1, 0.15) is 29.4 Å². The fraction of sp³-hybridized carbons (Fsp3) is 0.190. The van der Waals surface area contributed by atoms with Crippen molar-refractivity contribution in [1.82, 2.24) is 4.57 Å². The largest absolute Gasteiger partial charge is 0.318 e. The van der Waals surface area contributed by atoms with Crippen LogP contribution in [0.3, 0.4) is 0 Å². The van der Waals surface area contributed by atoms with E-state index in [1.165, 1.54) is 22.6 Å². The van der Waals surface area contributed by atoms with Crippen LogP contribution in [0.5, 0.6) is 0 Å². The van der Waals surface area contributed by atoms with Crippen molar-refractivity contribution in [2.45, 2.75) is 27.2 Å². The third-order valence-corrected chi connectivity index (χ3v) is 4.74. The highest BCUT2D eigenvalue weighted by molar-refractivity contribution is 9.10. The standard InChI is InChI=1S/C21H21BrN2/c1-4-17-8-5-6-11-21(17)24-15(2)12-18(16(24)3)14-23-20-10-7-9-19(22)13-20/h5-14H,4H2,1-3H3. The van der Waals surface area contributed by atoms with Crippen LogP contribution in [-0.2, 0) is 6.42 Å². The molecule has 0 amide bonds. The number of para-hydroxylation sites is 1. The Morgan fingerprint density at radius 1 is 1.04 bits per heavy atom. The summed E-state index contributed by atoms with van der Waals surface area (Å²) in [6, 6.07) is 18.8. The summed E-state index contributed by atoms with van der Waals surface area (Å²) in [5.41, 5.74) is 7.16. The lowest BCUT2D eigenvalue weighted by Crippen LogP contribution is -2.03. The summed E-state index contributed by atoms with van der Waals surface area (Å²) in [7, 11) is 0. The molecule has 0 aliphatic carbocycles. The predicted molar refractivity (Wildman–Crippen MR) is 106 cm³/mol. The van der Waals surface area contributed by atoms with E-state index in [0.29, 0.717) is 0 Å². The van der Waals surface area contributed by atoms with Gasteiger partial charge in [-0.05, 0) is 56.2 Å². The molecule has 3 heteroatoms. The zero-order valence-electron chi connectivity index (χ0n) is 14.3. The number of hydrogen-bond donors (Lipinski definition) is 0. The molecule has 3 rings (SSSR count). The number of aromatic nitrogens is 1. The minimum atomic E-state index is 0.947. The molecule has 24 heavy (non-hydrogen) atoms. The average molecular weight is 381 g/mol. The second-order valence-corrected chi connectivity index (χ2v) is 6.80. The lowest BCUT2D eigenvalue weighted by molar-refractivity contribution is 0.937. The molecule has 1 aromatic heterocycles. The van der Waals surface area contributed by atoms with E-state index in [-0.39, 0.29) is 0 Å². The fourth-order valence-electron chi connectivity index (χ4n) is 3.02. The number of aliphatic imine (C=N–C) groups is 1. The van der Waals surface area contributed by atoms with Crippen molar-refractivity contribution in [1.29, 1.82) is 0 Å². The van der Waals surface area contributed by atoms with Crippen LogP contribution in [0.2, 0.25) is 0 Å². The van der Waals surface area contributed by atoms with E-state index >= 15 is 0 Å². The van der Waals surface area contributed by atoms with E-state index in [9.17, 15) is 0 Å². The van der Waals surface area contributed by atoms with Crippen LogP contribution < -0.4 is 0 Å². The van der Waals surface area contributed by atoms with Crippen molar-refractivity contribution in [3.63, 3.8) is 0 Å². The quantitative estimate of drug-likeness (QED) is 0.481. The van der Waals surface area contributed by atoms with Gasteiger partial charge in [0.25, 0.3) is 0 Å². The molecule has 2 nitrogen and oxygen atoms in total. The Bertz CT molecular complexity index is 891. The molecule has 0 aliphatic rings. The van der Waals surface area contributed by atoms with E-state index in [4.69, 9.17) is 0 Å². The molecule has 122 valence electrons. The maximum Gasteiger partial charge on any atom is 0.0641 e. The van der Waals surface area contributed by atoms with Gasteiger partial charge in [-0.25, -0.2) is 0 Å². The van der Waals surface area contributed by atoms with Gasteiger partial charge >= 0.3 is 0 Å². The minimum Gasteiger partial charge on any atom is -0.318 e. The number of rotatable bonds is 4. The Labute approximate surface area is 152 Å². The van der Waals surface area contributed by atoms with Crippen LogP contribution in [-0.4, -0.2) is 10.8 Å². The molecule has 0 atom stereocenters. The fourth-order valence-corrected chi connectivity index (χ4v) is 3.40. The molecule has 1 heterocycles. The lowest BCUT2D eigenvalue weighted by Gasteiger charge is -2.13. The van der Waals surface area contributed by atoms with E-state index in [1.807, 2.05) is 30.5 Å². The molecule has 0 radical (unpaired) electrons. The van der Waals surface area contributed by atoms with E-state index in [1.54, 1.807) is 0 Å². The van der Waals surface area contributed by atoms with Crippen LogP contribution in [0.25, 0.3) is 5.69 Å². The minimum absolute atomic E-state index is 0.947. The number of hydrogen-bond acceptors (Lipinski definition) is 1. The first-order valence-corrected chi connectivity index (χ1v) is 8.96. The van der Waals surface area contributed by atoms with Crippen LogP contribution in [0.4, 0.5) is 5.69 Å². The Morgan fingerprint density at radius 3 is 2.58 bits per heavy atom. The summed E-state index contributed by atoms with van der Waals surface area (Å²) < 4.78 is 3.36. The highest BCUT2D eigenvalue weighted by Crippen LogP contribution is 2.24. The van der Waals surface area contributed by atoms with Gasteiger partial charge in [0.1, 0.15) is 0 Å². The molecule has 3 aromatic rings. The van der Waals surface area contributed by atoms with Gasteiger partial charge in [-0.2, -0.15) is 0 Å². The Hall–Kier alpha value is -2.13. The molecule has 0 N–H and O–H groups in total. The molecule has 0 spiro atoms. The van der Waals surface area contributed by atoms with Gasteiger partial charge in [-0.15, -0.1) is 0 Å². The monoisotopic (exact) mass is 380 g/mol. The first kappa shape index (κ1) is 16.7. The third-order valence-electron chi connectivity index (χ3n) is 4.24. The van der Waals surface area contributed by atoms with E-state index < -0.39 is 0 Å². The molecule has 0 saturated carbocycles. The highest BCUT2D eigenvalue weighted by Gasteiger charge is 2.11. The van der Waals surface area contributed by atoms with E-state index in [2.05, 4.69) is 76.6 Å². The first-order valence-electron chi connectivity index (χ1n) is 8.17. The summed E-state index contributed by atoms with van der Waals surface area (Å²) >= 11 is 3.49. The number of aryl methyl sites for hydroxylation is 2. The summed E-state index contributed by atoms with van der Waals surface area (Å²) in [6.45, 7) is 6.50. The first-order chi connectivity index (χ1) is 11.6. The van der Waals surface area contributed by atoms with Crippen molar-refractivity contribution in [3.8, 4) is 5.69 Å². The lowest BCUT2D eigenvalue weighted by atomic mass is 10.1. The smallest absolute Gasteiger partial charge is 0.0641 e. The Morgan fingerprint density at radius 2 is 1.83 bits per heavy atom. The van der Waals surface area contributed by atoms with Gasteiger partial charge in [0.15, 0.2) is 0 Å². The number of nitrogens with zero attached hydrogens (tertiary/aromatic N) is 2. The summed E-state index contributed by atoms with van der Waals surface area (Å²) in [5.74, 6) is 0.